The molecule has 0 aliphatic carbocycles. The fraction of sp³-hybridized carbons (Fsp3) is 0.698. The summed E-state index contributed by atoms with van der Waals surface area (Å²) >= 11 is 0. The van der Waals surface area contributed by atoms with Crippen LogP contribution in [0.5, 0.6) is 0 Å². The zero-order chi connectivity index (χ0) is 37.8. The first-order valence-electron chi connectivity index (χ1n) is 19.9. The molecular weight excluding hydrogens is 642 g/mol. The standard InChI is InChI=1S/C43H73NO7/c1-6-8-10-12-14-16-17-18-19-20-21-22-23-24-26-27-29-31-33-41(45)50-38-39(37-49-36-35-40(43(47)48)44(3,4)5)51-42(46)34-32-30-28-25-15-13-11-9-7-2/h10,12,14,16-22,39-40H,6-9,11,13,15,23-38H2,1-5H3/p+1/b12-10+,16-14+,18-17+,20-19+,22-21+. The van der Waals surface area contributed by atoms with Gasteiger partial charge in [-0.1, -0.05) is 152 Å². The van der Waals surface area contributed by atoms with Gasteiger partial charge in [-0.2, -0.15) is 0 Å². The Bertz CT molecular complexity index is 1020. The summed E-state index contributed by atoms with van der Waals surface area (Å²) in [5.74, 6) is -1.51. The maximum absolute atomic E-state index is 12.6. The van der Waals surface area contributed by atoms with Crippen LogP contribution >= 0.6 is 0 Å². The van der Waals surface area contributed by atoms with E-state index in [0.717, 1.165) is 64.2 Å². The summed E-state index contributed by atoms with van der Waals surface area (Å²) < 4.78 is 17.2. The molecule has 0 aliphatic heterocycles. The minimum atomic E-state index is -0.882. The summed E-state index contributed by atoms with van der Waals surface area (Å²) in [6, 6.07) is -0.618. The number of unbranched alkanes of at least 4 members (excludes halogenated alkanes) is 14. The summed E-state index contributed by atoms with van der Waals surface area (Å²) in [6.07, 6.45) is 39.7. The van der Waals surface area contributed by atoms with Gasteiger partial charge in [0, 0.05) is 19.3 Å². The number of nitrogens with zero attached hydrogens (tertiary/aromatic N) is 1. The van der Waals surface area contributed by atoms with Crippen LogP contribution in [0.15, 0.2) is 60.8 Å². The molecule has 0 aliphatic rings. The normalized spacial score (nSPS) is 13.7. The fourth-order valence-electron chi connectivity index (χ4n) is 5.41. The predicted molar refractivity (Wildman–Crippen MR) is 211 cm³/mol. The lowest BCUT2D eigenvalue weighted by Crippen LogP contribution is -2.50. The first-order valence-corrected chi connectivity index (χ1v) is 19.9. The van der Waals surface area contributed by atoms with Gasteiger partial charge in [0.15, 0.2) is 12.1 Å². The van der Waals surface area contributed by atoms with E-state index in [1.54, 1.807) is 0 Å². The van der Waals surface area contributed by atoms with E-state index < -0.39 is 18.1 Å². The average Bonchev–Trinajstić information content (AvgIpc) is 3.08. The molecule has 0 rings (SSSR count). The van der Waals surface area contributed by atoms with E-state index in [9.17, 15) is 19.5 Å². The molecule has 0 fully saturated rings. The highest BCUT2D eigenvalue weighted by atomic mass is 16.6. The van der Waals surface area contributed by atoms with Crippen molar-refractivity contribution in [3.63, 3.8) is 0 Å². The number of esters is 2. The molecule has 0 heterocycles. The van der Waals surface area contributed by atoms with Crippen LogP contribution in [0.3, 0.4) is 0 Å². The number of hydrogen-bond acceptors (Lipinski definition) is 6. The Morgan fingerprint density at radius 3 is 1.61 bits per heavy atom. The topological polar surface area (TPSA) is 99.1 Å². The molecule has 0 bridgehead atoms. The third-order valence-corrected chi connectivity index (χ3v) is 8.53. The molecule has 0 spiro atoms. The van der Waals surface area contributed by atoms with E-state index in [1.807, 2.05) is 57.6 Å². The summed E-state index contributed by atoms with van der Waals surface area (Å²) in [5.41, 5.74) is 0. The summed E-state index contributed by atoms with van der Waals surface area (Å²) in [7, 11) is 5.50. The van der Waals surface area contributed by atoms with Gasteiger partial charge < -0.3 is 23.8 Å². The third-order valence-electron chi connectivity index (χ3n) is 8.53. The first-order chi connectivity index (χ1) is 24.6. The lowest BCUT2D eigenvalue weighted by molar-refractivity contribution is -0.887. The SMILES string of the molecule is CCC/C=C/C=C/C=C/C=C/C=C/CCCCCCCC(=O)OCC(COCCC(C(=O)O)[N+](C)(C)C)OC(=O)CCCCCCCCCCC. The number of carboxylic acids is 1. The highest BCUT2D eigenvalue weighted by molar-refractivity contribution is 5.72. The zero-order valence-electron chi connectivity index (χ0n) is 33.0. The summed E-state index contributed by atoms with van der Waals surface area (Å²) in [6.45, 7) is 4.58. The first kappa shape index (κ1) is 48.0. The molecule has 0 aromatic rings. The largest absolute Gasteiger partial charge is 0.477 e. The number of aliphatic carboxylic acids is 1. The van der Waals surface area contributed by atoms with Crippen molar-refractivity contribution in [1.29, 1.82) is 0 Å². The molecule has 0 aromatic carbocycles. The van der Waals surface area contributed by atoms with Crippen molar-refractivity contribution in [3.8, 4) is 0 Å². The van der Waals surface area contributed by atoms with E-state index in [0.29, 0.717) is 19.3 Å². The second-order valence-electron chi connectivity index (χ2n) is 14.3. The second kappa shape index (κ2) is 34.1. The number of carbonyl (C=O) groups is 3. The average molecular weight is 717 g/mol. The Morgan fingerprint density at radius 2 is 1.08 bits per heavy atom. The smallest absolute Gasteiger partial charge is 0.362 e. The lowest BCUT2D eigenvalue weighted by atomic mass is 10.1. The molecule has 0 saturated heterocycles. The van der Waals surface area contributed by atoms with Crippen LogP contribution in [0.4, 0.5) is 0 Å². The Hall–Kier alpha value is -2.97. The predicted octanol–water partition coefficient (Wildman–Crippen LogP) is 10.2. The van der Waals surface area contributed by atoms with Gasteiger partial charge in [0.05, 0.1) is 34.4 Å². The van der Waals surface area contributed by atoms with Gasteiger partial charge in [-0.3, -0.25) is 9.59 Å². The minimum absolute atomic E-state index is 0.0511. The number of rotatable bonds is 34. The van der Waals surface area contributed by atoms with Crippen LogP contribution in [-0.2, 0) is 28.6 Å². The Balaban J connectivity index is 4.41. The molecule has 51 heavy (non-hydrogen) atoms. The number of allylic oxidation sites excluding steroid dienone is 10. The maximum Gasteiger partial charge on any atom is 0.362 e. The molecule has 8 heteroatoms. The van der Waals surface area contributed by atoms with Gasteiger partial charge in [0.2, 0.25) is 0 Å². The van der Waals surface area contributed by atoms with E-state index in [-0.39, 0.29) is 36.2 Å². The summed E-state index contributed by atoms with van der Waals surface area (Å²) in [5, 5.41) is 9.58. The minimum Gasteiger partial charge on any atom is -0.477 e. The van der Waals surface area contributed by atoms with E-state index in [4.69, 9.17) is 14.2 Å². The molecule has 2 atom stereocenters. The molecule has 0 aromatic heterocycles. The zero-order valence-corrected chi connectivity index (χ0v) is 33.0. The van der Waals surface area contributed by atoms with Gasteiger partial charge in [0.1, 0.15) is 6.61 Å². The number of quaternary nitrogens is 1. The number of hydrogen-bond donors (Lipinski definition) is 1. The Kier molecular flexibility index (Phi) is 32.1. The molecule has 0 radical (unpaired) electrons. The molecule has 2 unspecified atom stereocenters. The molecule has 0 amide bonds. The lowest BCUT2D eigenvalue weighted by Gasteiger charge is -2.31. The molecule has 292 valence electrons. The quantitative estimate of drug-likeness (QED) is 0.0306. The van der Waals surface area contributed by atoms with E-state index >= 15 is 0 Å². The van der Waals surface area contributed by atoms with Gasteiger partial charge in [0.25, 0.3) is 0 Å². The molecular formula is C43H74NO7+. The van der Waals surface area contributed by atoms with Crippen molar-refractivity contribution in [2.75, 3.05) is 41.0 Å². The van der Waals surface area contributed by atoms with Crippen LogP contribution in [0.25, 0.3) is 0 Å². The van der Waals surface area contributed by atoms with Crippen molar-refractivity contribution >= 4 is 17.9 Å². The van der Waals surface area contributed by atoms with Crippen LogP contribution in [0, 0.1) is 0 Å². The number of likely N-dealkylation sites (N-methyl/N-ethyl adjacent to an activating group) is 1. The highest BCUT2D eigenvalue weighted by Crippen LogP contribution is 2.13. The Morgan fingerprint density at radius 1 is 0.588 bits per heavy atom. The second-order valence-corrected chi connectivity index (χ2v) is 14.3. The number of ether oxygens (including phenoxy) is 3. The van der Waals surface area contributed by atoms with Crippen LogP contribution in [0.2, 0.25) is 0 Å². The van der Waals surface area contributed by atoms with E-state index in [1.165, 1.54) is 44.9 Å². The van der Waals surface area contributed by atoms with Crippen molar-refractivity contribution < 1.29 is 38.2 Å². The highest BCUT2D eigenvalue weighted by Gasteiger charge is 2.31. The molecule has 1 N–H and O–H groups in total. The van der Waals surface area contributed by atoms with E-state index in [2.05, 4.69) is 38.2 Å². The van der Waals surface area contributed by atoms with Gasteiger partial charge >= 0.3 is 17.9 Å². The monoisotopic (exact) mass is 717 g/mol. The third kappa shape index (κ3) is 32.7. The van der Waals surface area contributed by atoms with Crippen LogP contribution in [0.1, 0.15) is 142 Å². The van der Waals surface area contributed by atoms with Crippen molar-refractivity contribution in [2.24, 2.45) is 0 Å². The summed E-state index contributed by atoms with van der Waals surface area (Å²) in [4.78, 5) is 36.8. The van der Waals surface area contributed by atoms with Crippen molar-refractivity contribution in [2.45, 2.75) is 154 Å². The number of carbonyl (C=O) groups excluding carboxylic acids is 2. The molecule has 8 nitrogen and oxygen atoms in total. The van der Waals surface area contributed by atoms with Gasteiger partial charge in [-0.05, 0) is 32.1 Å². The van der Waals surface area contributed by atoms with Crippen LogP contribution in [-0.4, -0.2) is 80.6 Å². The van der Waals surface area contributed by atoms with Crippen molar-refractivity contribution in [1.82, 2.24) is 0 Å². The van der Waals surface area contributed by atoms with Gasteiger partial charge in [-0.25, -0.2) is 4.79 Å². The Labute approximate surface area is 311 Å². The number of carboxylic acid groups (broad SMARTS) is 1. The van der Waals surface area contributed by atoms with Gasteiger partial charge in [-0.15, -0.1) is 0 Å². The molecule has 0 saturated carbocycles. The van der Waals surface area contributed by atoms with Crippen LogP contribution < -0.4 is 0 Å². The van der Waals surface area contributed by atoms with Crippen molar-refractivity contribution in [3.05, 3.63) is 60.8 Å². The fourth-order valence-corrected chi connectivity index (χ4v) is 5.41. The maximum atomic E-state index is 12.6.